The van der Waals surface area contributed by atoms with Gasteiger partial charge < -0.3 is 9.74 Å². The molecule has 0 saturated carbocycles. The molecule has 1 fully saturated rings. The summed E-state index contributed by atoms with van der Waals surface area (Å²) in [7, 11) is 0. The molecule has 5 nitrogen and oxygen atoms in total. The van der Waals surface area contributed by atoms with E-state index in [1.54, 1.807) is 17.9 Å². The maximum Gasteiger partial charge on any atom is 0.260 e. The Morgan fingerprint density at radius 2 is 2.05 bits per heavy atom. The highest BCUT2D eigenvalue weighted by Crippen LogP contribution is 2.24. The van der Waals surface area contributed by atoms with E-state index < -0.39 is 0 Å². The Labute approximate surface area is 118 Å². The summed E-state index contributed by atoms with van der Waals surface area (Å²) in [6, 6.07) is 0. The van der Waals surface area contributed by atoms with Crippen LogP contribution < -0.4 is 0 Å². The van der Waals surface area contributed by atoms with Crippen LogP contribution in [0.1, 0.15) is 26.2 Å². The molecule has 5 heteroatoms. The van der Waals surface area contributed by atoms with Crippen LogP contribution in [0.2, 0.25) is 0 Å². The van der Waals surface area contributed by atoms with E-state index in [1.165, 1.54) is 5.06 Å². The zero-order valence-electron chi connectivity index (χ0n) is 11.6. The number of allylic oxidation sites excluding steroid dienone is 2. The number of hydrogen-bond acceptors (Lipinski definition) is 3. The van der Waals surface area contributed by atoms with Crippen molar-refractivity contribution in [2.45, 2.75) is 26.2 Å². The van der Waals surface area contributed by atoms with Crippen molar-refractivity contribution >= 4 is 11.8 Å². The second-order valence-electron chi connectivity index (χ2n) is 4.91. The van der Waals surface area contributed by atoms with Crippen LogP contribution in [-0.4, -0.2) is 28.3 Å². The highest BCUT2D eigenvalue weighted by atomic mass is 16.7. The number of rotatable bonds is 5. The Morgan fingerprint density at radius 1 is 1.35 bits per heavy atom. The van der Waals surface area contributed by atoms with Gasteiger partial charge in [0.05, 0.1) is 5.70 Å². The zero-order chi connectivity index (χ0) is 14.9. The van der Waals surface area contributed by atoms with Gasteiger partial charge in [0.15, 0.2) is 0 Å². The summed E-state index contributed by atoms with van der Waals surface area (Å²) in [5, 5.41) is 1.19. The fraction of sp³-hybridized carbons (Fsp3) is 0.333. The van der Waals surface area contributed by atoms with Crippen LogP contribution in [0, 0.1) is 0 Å². The van der Waals surface area contributed by atoms with Crippen molar-refractivity contribution in [2.75, 3.05) is 6.54 Å². The third-order valence-electron chi connectivity index (χ3n) is 3.29. The third kappa shape index (κ3) is 2.66. The molecule has 2 aliphatic heterocycles. The minimum atomic E-state index is -0.115. The first-order valence-electron chi connectivity index (χ1n) is 6.45. The molecule has 106 valence electrons. The molecule has 0 N–H and O–H groups in total. The lowest BCUT2D eigenvalue weighted by atomic mass is 10.3. The Morgan fingerprint density at radius 3 is 2.55 bits per heavy atom. The standard InChI is InChI=1S/C15H18N2O3/c1-10-9-12(3)16(15(10)19)8-7-13(4)20-17-11(2)5-6-14(17)18/h9H,2-8H2,1H3. The summed E-state index contributed by atoms with van der Waals surface area (Å²) in [5.41, 5.74) is 1.97. The van der Waals surface area contributed by atoms with Crippen LogP contribution in [-0.2, 0) is 14.4 Å². The first-order valence-corrected chi connectivity index (χ1v) is 6.45. The molecule has 0 aromatic rings. The molecular formula is C15H18N2O3. The molecule has 0 unspecified atom stereocenters. The number of amides is 2. The van der Waals surface area contributed by atoms with Crippen molar-refractivity contribution in [3.63, 3.8) is 0 Å². The summed E-state index contributed by atoms with van der Waals surface area (Å²) in [6.45, 7) is 13.5. The van der Waals surface area contributed by atoms with Gasteiger partial charge in [-0.3, -0.25) is 9.59 Å². The summed E-state index contributed by atoms with van der Waals surface area (Å²) < 4.78 is 0. The monoisotopic (exact) mass is 274 g/mol. The largest absolute Gasteiger partial charge is 0.377 e. The molecule has 0 radical (unpaired) electrons. The van der Waals surface area contributed by atoms with Crippen molar-refractivity contribution in [1.29, 1.82) is 0 Å². The van der Waals surface area contributed by atoms with Gasteiger partial charge in [0.1, 0.15) is 5.76 Å². The van der Waals surface area contributed by atoms with E-state index in [-0.39, 0.29) is 11.8 Å². The fourth-order valence-electron chi connectivity index (χ4n) is 2.14. The topological polar surface area (TPSA) is 49.9 Å². The van der Waals surface area contributed by atoms with E-state index in [0.29, 0.717) is 48.5 Å². The maximum absolute atomic E-state index is 11.8. The van der Waals surface area contributed by atoms with Crippen LogP contribution >= 0.6 is 0 Å². The smallest absolute Gasteiger partial charge is 0.260 e. The minimum Gasteiger partial charge on any atom is -0.377 e. The van der Waals surface area contributed by atoms with E-state index in [1.807, 2.05) is 0 Å². The summed E-state index contributed by atoms with van der Waals surface area (Å²) in [6.07, 6.45) is 3.20. The summed E-state index contributed by atoms with van der Waals surface area (Å²) in [5.74, 6) is 0.256. The second kappa shape index (κ2) is 5.36. The van der Waals surface area contributed by atoms with Crippen LogP contribution in [0.3, 0.4) is 0 Å². The number of carbonyl (C=O) groups is 2. The van der Waals surface area contributed by atoms with Crippen molar-refractivity contribution in [1.82, 2.24) is 9.96 Å². The van der Waals surface area contributed by atoms with E-state index in [4.69, 9.17) is 4.84 Å². The molecule has 0 aromatic carbocycles. The molecule has 2 amide bonds. The lowest BCUT2D eigenvalue weighted by Gasteiger charge is -2.21. The lowest BCUT2D eigenvalue weighted by molar-refractivity contribution is -0.157. The van der Waals surface area contributed by atoms with Gasteiger partial charge in [-0.05, 0) is 19.4 Å². The second-order valence-corrected chi connectivity index (χ2v) is 4.91. The van der Waals surface area contributed by atoms with Gasteiger partial charge >= 0.3 is 0 Å². The zero-order valence-corrected chi connectivity index (χ0v) is 11.6. The predicted molar refractivity (Wildman–Crippen MR) is 74.7 cm³/mol. The fourth-order valence-corrected chi connectivity index (χ4v) is 2.14. The molecule has 0 aliphatic carbocycles. The summed E-state index contributed by atoms with van der Waals surface area (Å²) in [4.78, 5) is 30.3. The quantitative estimate of drug-likeness (QED) is 0.723. The van der Waals surface area contributed by atoms with E-state index >= 15 is 0 Å². The highest BCUT2D eigenvalue weighted by Gasteiger charge is 2.27. The van der Waals surface area contributed by atoms with Crippen molar-refractivity contribution in [3.8, 4) is 0 Å². The van der Waals surface area contributed by atoms with Crippen LogP contribution in [0.5, 0.6) is 0 Å². The Bertz CT molecular complexity index is 529. The van der Waals surface area contributed by atoms with Gasteiger partial charge in [0.2, 0.25) is 0 Å². The van der Waals surface area contributed by atoms with Gasteiger partial charge in [0, 0.05) is 30.7 Å². The van der Waals surface area contributed by atoms with Crippen LogP contribution in [0.4, 0.5) is 0 Å². The molecule has 0 bridgehead atoms. The molecule has 0 aromatic heterocycles. The SMILES string of the molecule is C=C(CCN1C(=C)C=C(C)C1=O)ON1C(=C)CCC1=O. The Hall–Kier alpha value is -2.30. The first-order chi connectivity index (χ1) is 9.40. The Balaban J connectivity index is 1.84. The van der Waals surface area contributed by atoms with Crippen LogP contribution in [0.25, 0.3) is 0 Å². The van der Waals surface area contributed by atoms with Crippen molar-refractivity contribution in [3.05, 3.63) is 48.5 Å². The molecule has 20 heavy (non-hydrogen) atoms. The highest BCUT2D eigenvalue weighted by molar-refractivity contribution is 5.97. The molecule has 2 aliphatic rings. The van der Waals surface area contributed by atoms with Gasteiger partial charge in [-0.1, -0.05) is 19.7 Å². The number of carbonyl (C=O) groups excluding carboxylic acids is 2. The van der Waals surface area contributed by atoms with E-state index in [2.05, 4.69) is 19.7 Å². The van der Waals surface area contributed by atoms with Gasteiger partial charge in [-0.2, -0.15) is 0 Å². The normalized spacial score (nSPS) is 18.9. The van der Waals surface area contributed by atoms with Crippen LogP contribution in [0.15, 0.2) is 48.5 Å². The van der Waals surface area contributed by atoms with Gasteiger partial charge in [-0.15, -0.1) is 5.06 Å². The van der Waals surface area contributed by atoms with Crippen molar-refractivity contribution in [2.24, 2.45) is 0 Å². The molecular weight excluding hydrogens is 256 g/mol. The average Bonchev–Trinajstić information content (AvgIpc) is 2.82. The average molecular weight is 274 g/mol. The number of nitrogens with zero attached hydrogens (tertiary/aromatic N) is 2. The predicted octanol–water partition coefficient (Wildman–Crippen LogP) is 2.26. The maximum atomic E-state index is 11.8. The molecule has 0 atom stereocenters. The van der Waals surface area contributed by atoms with E-state index in [9.17, 15) is 9.59 Å². The molecule has 2 rings (SSSR count). The Kier molecular flexibility index (Phi) is 3.79. The molecule has 1 saturated heterocycles. The minimum absolute atomic E-state index is 0.0514. The van der Waals surface area contributed by atoms with Gasteiger partial charge in [-0.25, -0.2) is 0 Å². The van der Waals surface area contributed by atoms with E-state index in [0.717, 1.165) is 0 Å². The molecule has 0 spiro atoms. The lowest BCUT2D eigenvalue weighted by Crippen LogP contribution is -2.28. The first kappa shape index (κ1) is 14.1. The summed E-state index contributed by atoms with van der Waals surface area (Å²) >= 11 is 0. The number of hydroxylamine groups is 2. The van der Waals surface area contributed by atoms with Crippen molar-refractivity contribution < 1.29 is 14.4 Å². The van der Waals surface area contributed by atoms with Gasteiger partial charge in [0.25, 0.3) is 11.8 Å². The third-order valence-corrected chi connectivity index (χ3v) is 3.29. The molecule has 2 heterocycles. The number of hydrogen-bond donors (Lipinski definition) is 0.